The van der Waals surface area contributed by atoms with Crippen LogP contribution in [0.15, 0.2) is 23.3 Å². The minimum atomic E-state index is 0.631. The van der Waals surface area contributed by atoms with Crippen LogP contribution >= 0.6 is 0 Å². The maximum Gasteiger partial charge on any atom is 0.0107 e. The number of nitrogens with zero attached hydrogens (tertiary/aromatic N) is 1. The molecule has 1 heterocycles. The molecule has 0 spiro atoms. The molecule has 1 rings (SSSR count). The topological polar surface area (TPSA) is 15.3 Å². The largest absolute Gasteiger partial charge is 0.313 e. The molecule has 0 saturated carbocycles. The van der Waals surface area contributed by atoms with E-state index in [9.17, 15) is 0 Å². The summed E-state index contributed by atoms with van der Waals surface area (Å²) in [5, 5.41) is 3.68. The minimum Gasteiger partial charge on any atom is -0.313 e. The Morgan fingerprint density at radius 1 is 1.05 bits per heavy atom. The van der Waals surface area contributed by atoms with E-state index in [4.69, 9.17) is 0 Å². The molecule has 0 bridgehead atoms. The van der Waals surface area contributed by atoms with Crippen LogP contribution in [0, 0.1) is 0 Å². The number of rotatable bonds is 10. The van der Waals surface area contributed by atoms with Gasteiger partial charge in [-0.25, -0.2) is 0 Å². The monoisotopic (exact) mass is 306 g/mol. The molecular weight excluding hydrogens is 268 g/mol. The van der Waals surface area contributed by atoms with Crippen molar-refractivity contribution in [2.24, 2.45) is 0 Å². The van der Waals surface area contributed by atoms with Crippen molar-refractivity contribution in [3.05, 3.63) is 23.3 Å². The van der Waals surface area contributed by atoms with Gasteiger partial charge in [-0.3, -0.25) is 0 Å². The lowest BCUT2D eigenvalue weighted by atomic mass is 10.1. The van der Waals surface area contributed by atoms with E-state index in [0.29, 0.717) is 6.04 Å². The number of nitrogens with one attached hydrogen (secondary N) is 1. The average molecular weight is 307 g/mol. The average Bonchev–Trinajstić information content (AvgIpc) is 2.48. The smallest absolute Gasteiger partial charge is 0.0107 e. The van der Waals surface area contributed by atoms with Gasteiger partial charge in [-0.2, -0.15) is 0 Å². The van der Waals surface area contributed by atoms with Gasteiger partial charge in [0.15, 0.2) is 0 Å². The second-order valence-corrected chi connectivity index (χ2v) is 7.21. The number of hydrogen-bond donors (Lipinski definition) is 1. The van der Waals surface area contributed by atoms with Gasteiger partial charge in [-0.1, -0.05) is 29.7 Å². The van der Waals surface area contributed by atoms with Crippen molar-refractivity contribution in [2.75, 3.05) is 26.2 Å². The highest BCUT2D eigenvalue weighted by atomic mass is 15.1. The zero-order valence-electron chi connectivity index (χ0n) is 15.5. The van der Waals surface area contributed by atoms with Gasteiger partial charge in [-0.15, -0.1) is 0 Å². The SMILES string of the molecule is CC(C)=CCC/C(C)=C\CCC(C)NCCN1CCCCC1. The summed E-state index contributed by atoms with van der Waals surface area (Å²) in [7, 11) is 0. The fourth-order valence-electron chi connectivity index (χ4n) is 3.02. The Labute approximate surface area is 139 Å². The van der Waals surface area contributed by atoms with E-state index in [1.807, 2.05) is 0 Å². The van der Waals surface area contributed by atoms with Gasteiger partial charge in [0, 0.05) is 19.1 Å². The van der Waals surface area contributed by atoms with E-state index in [0.717, 1.165) is 6.54 Å². The molecule has 1 fully saturated rings. The Balaban J connectivity index is 2.04. The summed E-state index contributed by atoms with van der Waals surface area (Å²) in [6.07, 6.45) is 13.8. The van der Waals surface area contributed by atoms with E-state index in [1.165, 1.54) is 75.7 Å². The summed E-state index contributed by atoms with van der Waals surface area (Å²) in [6.45, 7) is 13.9. The van der Waals surface area contributed by atoms with E-state index >= 15 is 0 Å². The van der Waals surface area contributed by atoms with Crippen molar-refractivity contribution in [3.8, 4) is 0 Å². The molecule has 1 aliphatic rings. The zero-order valence-corrected chi connectivity index (χ0v) is 15.5. The van der Waals surface area contributed by atoms with Crippen LogP contribution in [0.5, 0.6) is 0 Å². The Morgan fingerprint density at radius 2 is 1.77 bits per heavy atom. The van der Waals surface area contributed by atoms with Crippen LogP contribution in [0.1, 0.15) is 72.6 Å². The molecule has 1 atom stereocenters. The third kappa shape index (κ3) is 10.2. The third-order valence-electron chi connectivity index (χ3n) is 4.55. The van der Waals surface area contributed by atoms with E-state index in [-0.39, 0.29) is 0 Å². The van der Waals surface area contributed by atoms with Crippen LogP contribution < -0.4 is 5.32 Å². The van der Waals surface area contributed by atoms with Crippen molar-refractivity contribution >= 4 is 0 Å². The molecule has 1 unspecified atom stereocenters. The Bertz CT molecular complexity index is 334. The first-order valence-electron chi connectivity index (χ1n) is 9.32. The fraction of sp³-hybridized carbons (Fsp3) is 0.800. The van der Waals surface area contributed by atoms with Crippen molar-refractivity contribution in [3.63, 3.8) is 0 Å². The second kappa shape index (κ2) is 11.9. The molecule has 0 aromatic carbocycles. The summed E-state index contributed by atoms with van der Waals surface area (Å²) in [4.78, 5) is 2.61. The molecule has 128 valence electrons. The lowest BCUT2D eigenvalue weighted by Crippen LogP contribution is -2.38. The van der Waals surface area contributed by atoms with Crippen molar-refractivity contribution in [1.82, 2.24) is 10.2 Å². The summed E-state index contributed by atoms with van der Waals surface area (Å²) in [5.74, 6) is 0. The number of piperidine rings is 1. The van der Waals surface area contributed by atoms with Gasteiger partial charge in [0.05, 0.1) is 0 Å². The minimum absolute atomic E-state index is 0.631. The van der Waals surface area contributed by atoms with Gasteiger partial charge in [0.1, 0.15) is 0 Å². The molecular formula is C20H38N2. The Kier molecular flexibility index (Phi) is 10.5. The van der Waals surface area contributed by atoms with Crippen molar-refractivity contribution in [1.29, 1.82) is 0 Å². The number of allylic oxidation sites excluding steroid dienone is 4. The van der Waals surface area contributed by atoms with Crippen LogP contribution in [-0.2, 0) is 0 Å². The van der Waals surface area contributed by atoms with Crippen LogP contribution in [0.3, 0.4) is 0 Å². The maximum absolute atomic E-state index is 3.68. The first-order valence-corrected chi connectivity index (χ1v) is 9.32. The molecule has 0 radical (unpaired) electrons. The van der Waals surface area contributed by atoms with Crippen LogP contribution in [-0.4, -0.2) is 37.1 Å². The summed E-state index contributed by atoms with van der Waals surface area (Å²) in [6, 6.07) is 0.631. The quantitative estimate of drug-likeness (QED) is 0.576. The highest BCUT2D eigenvalue weighted by Gasteiger charge is 2.09. The normalized spacial score (nSPS) is 18.3. The lowest BCUT2D eigenvalue weighted by Gasteiger charge is -2.27. The first kappa shape index (κ1) is 19.4. The predicted octanol–water partition coefficient (Wildman–Crippen LogP) is 4.92. The van der Waals surface area contributed by atoms with Crippen LogP contribution in [0.2, 0.25) is 0 Å². The molecule has 1 aliphatic heterocycles. The molecule has 2 nitrogen and oxygen atoms in total. The summed E-state index contributed by atoms with van der Waals surface area (Å²) in [5.41, 5.74) is 2.97. The molecule has 1 saturated heterocycles. The van der Waals surface area contributed by atoms with Crippen LogP contribution in [0.25, 0.3) is 0 Å². The zero-order chi connectivity index (χ0) is 16.2. The van der Waals surface area contributed by atoms with Gasteiger partial charge in [-0.05, 0) is 79.3 Å². The Hall–Kier alpha value is -0.600. The predicted molar refractivity (Wildman–Crippen MR) is 99.4 cm³/mol. The van der Waals surface area contributed by atoms with Crippen LogP contribution in [0.4, 0.5) is 0 Å². The molecule has 0 amide bonds. The van der Waals surface area contributed by atoms with Gasteiger partial charge < -0.3 is 10.2 Å². The molecule has 0 aromatic heterocycles. The highest BCUT2D eigenvalue weighted by Crippen LogP contribution is 2.10. The summed E-state index contributed by atoms with van der Waals surface area (Å²) >= 11 is 0. The van der Waals surface area contributed by atoms with Crippen molar-refractivity contribution < 1.29 is 0 Å². The molecule has 2 heteroatoms. The van der Waals surface area contributed by atoms with E-state index in [1.54, 1.807) is 0 Å². The first-order chi connectivity index (χ1) is 10.6. The van der Waals surface area contributed by atoms with Crippen molar-refractivity contribution in [2.45, 2.75) is 78.7 Å². The molecule has 0 aliphatic carbocycles. The second-order valence-electron chi connectivity index (χ2n) is 7.21. The highest BCUT2D eigenvalue weighted by molar-refractivity contribution is 5.02. The van der Waals surface area contributed by atoms with Gasteiger partial charge in [0.25, 0.3) is 0 Å². The Morgan fingerprint density at radius 3 is 2.45 bits per heavy atom. The van der Waals surface area contributed by atoms with Gasteiger partial charge >= 0.3 is 0 Å². The third-order valence-corrected chi connectivity index (χ3v) is 4.55. The molecule has 0 aromatic rings. The van der Waals surface area contributed by atoms with E-state index < -0.39 is 0 Å². The van der Waals surface area contributed by atoms with Gasteiger partial charge in [0.2, 0.25) is 0 Å². The maximum atomic E-state index is 3.68. The number of likely N-dealkylation sites (tertiary alicyclic amines) is 1. The molecule has 1 N–H and O–H groups in total. The summed E-state index contributed by atoms with van der Waals surface area (Å²) < 4.78 is 0. The number of hydrogen-bond acceptors (Lipinski definition) is 2. The van der Waals surface area contributed by atoms with E-state index in [2.05, 4.69) is 50.1 Å². The molecule has 22 heavy (non-hydrogen) atoms. The fourth-order valence-corrected chi connectivity index (χ4v) is 3.02. The standard InChI is InChI=1S/C20H38N2/c1-18(2)10-8-11-19(3)12-9-13-20(4)21-14-17-22-15-6-5-7-16-22/h10,12,20-21H,5-9,11,13-17H2,1-4H3/b19-12-. The lowest BCUT2D eigenvalue weighted by molar-refractivity contribution is 0.226.